The maximum Gasteiger partial charge on any atom is 0.445 e. The van der Waals surface area contributed by atoms with Gasteiger partial charge in [0.05, 0.1) is 17.9 Å². The van der Waals surface area contributed by atoms with Gasteiger partial charge in [-0.05, 0) is 18.1 Å². The van der Waals surface area contributed by atoms with E-state index in [4.69, 9.17) is 0 Å². The third kappa shape index (κ3) is 5.08. The van der Waals surface area contributed by atoms with E-state index in [9.17, 15) is 35.9 Å². The Kier molecular flexibility index (Phi) is 6.31. The van der Waals surface area contributed by atoms with Crippen molar-refractivity contribution in [3.63, 3.8) is 0 Å². The molecule has 2 aromatic rings. The number of nitrogens with one attached hydrogen (secondary N) is 1. The smallest absolute Gasteiger partial charge is 0.310 e. The van der Waals surface area contributed by atoms with Crippen LogP contribution in [0.3, 0.4) is 0 Å². The Bertz CT molecular complexity index is 991. The van der Waals surface area contributed by atoms with Crippen molar-refractivity contribution < 1.29 is 35.9 Å². The number of alkyl halides is 6. The highest BCUT2D eigenvalue weighted by Crippen LogP contribution is 2.33. The van der Waals surface area contributed by atoms with Crippen LogP contribution in [0.5, 0.6) is 0 Å². The molecule has 174 valence electrons. The van der Waals surface area contributed by atoms with Crippen molar-refractivity contribution in [1.29, 1.82) is 0 Å². The van der Waals surface area contributed by atoms with E-state index in [2.05, 4.69) is 20.5 Å². The summed E-state index contributed by atoms with van der Waals surface area (Å²) >= 11 is 0.141. The fraction of sp³-hybridized carbons (Fsp3) is 0.471. The van der Waals surface area contributed by atoms with Gasteiger partial charge in [0.1, 0.15) is 12.2 Å². The van der Waals surface area contributed by atoms with Gasteiger partial charge in [-0.2, -0.15) is 26.3 Å². The minimum absolute atomic E-state index is 0.0911. The summed E-state index contributed by atoms with van der Waals surface area (Å²) in [5.41, 5.74) is -0.990. The van der Waals surface area contributed by atoms with E-state index in [1.165, 1.54) is 9.80 Å². The van der Waals surface area contributed by atoms with Crippen LogP contribution in [0.4, 0.5) is 42.0 Å². The van der Waals surface area contributed by atoms with Crippen molar-refractivity contribution >= 4 is 34.1 Å². The highest BCUT2D eigenvalue weighted by atomic mass is 32.1. The lowest BCUT2D eigenvalue weighted by molar-refractivity contribution is -0.141. The zero-order valence-corrected chi connectivity index (χ0v) is 17.3. The van der Waals surface area contributed by atoms with E-state index >= 15 is 0 Å². The van der Waals surface area contributed by atoms with Crippen molar-refractivity contribution in [2.24, 2.45) is 5.92 Å². The molecule has 0 unspecified atom stereocenters. The summed E-state index contributed by atoms with van der Waals surface area (Å²) in [4.78, 5) is 30.9. The Balaban J connectivity index is 1.73. The number of halogens is 6. The molecule has 8 nitrogen and oxygen atoms in total. The maximum absolute atomic E-state index is 12.9. The molecule has 1 aliphatic rings. The Hall–Kier alpha value is -2.97. The molecule has 1 aliphatic heterocycles. The minimum atomic E-state index is -4.70. The van der Waals surface area contributed by atoms with Crippen LogP contribution in [0.25, 0.3) is 0 Å². The molecule has 32 heavy (non-hydrogen) atoms. The van der Waals surface area contributed by atoms with Crippen LogP contribution >= 0.6 is 11.3 Å². The summed E-state index contributed by atoms with van der Waals surface area (Å²) in [6.45, 7) is 3.18. The third-order valence-electron chi connectivity index (χ3n) is 4.59. The van der Waals surface area contributed by atoms with Crippen LogP contribution in [0.15, 0.2) is 18.3 Å². The second-order valence-corrected chi connectivity index (χ2v) is 8.17. The number of hydrogen-bond donors (Lipinski definition) is 1. The number of carbonyl (C=O) groups is 2. The molecule has 3 rings (SSSR count). The zero-order valence-electron chi connectivity index (χ0n) is 16.5. The van der Waals surface area contributed by atoms with E-state index in [0.29, 0.717) is 0 Å². The second kappa shape index (κ2) is 8.52. The number of pyridine rings is 1. The van der Waals surface area contributed by atoms with Crippen LogP contribution in [-0.4, -0.2) is 51.2 Å². The molecule has 0 spiro atoms. The topological polar surface area (TPSA) is 91.3 Å². The predicted molar refractivity (Wildman–Crippen MR) is 101 cm³/mol. The van der Waals surface area contributed by atoms with Crippen LogP contribution < -0.4 is 10.2 Å². The van der Waals surface area contributed by atoms with Gasteiger partial charge in [-0.25, -0.2) is 9.78 Å². The summed E-state index contributed by atoms with van der Waals surface area (Å²) < 4.78 is 76.0. The standard InChI is InChI=1S/C17H16F6N6O2S/c1-8(2)10-6-28(9-3-4-11(24-5-9)16(18,19)20)15(31)29(10)7-12(30)25-14-27-26-13(32-14)17(21,22)23/h3-5,8,10H,6-7H2,1-2H3,(H,25,27,30)/t10-/m1/s1. The minimum Gasteiger partial charge on any atom is -0.310 e. The maximum atomic E-state index is 12.9. The molecule has 15 heteroatoms. The molecule has 0 aromatic carbocycles. The summed E-state index contributed by atoms with van der Waals surface area (Å²) in [5, 5.41) is 6.79. The first-order valence-electron chi connectivity index (χ1n) is 9.09. The molecule has 3 amide bonds. The fourth-order valence-corrected chi connectivity index (χ4v) is 3.67. The second-order valence-electron chi connectivity index (χ2n) is 7.19. The van der Waals surface area contributed by atoms with Gasteiger partial charge in [0.15, 0.2) is 0 Å². The molecule has 1 fully saturated rings. The lowest BCUT2D eigenvalue weighted by Crippen LogP contribution is -2.42. The Morgan fingerprint density at radius 2 is 1.88 bits per heavy atom. The molecule has 0 radical (unpaired) electrons. The summed E-state index contributed by atoms with van der Waals surface area (Å²) in [6.07, 6.45) is -8.42. The molecule has 1 atom stereocenters. The number of amides is 3. The average molecular weight is 482 g/mol. The molecule has 1 saturated heterocycles. The van der Waals surface area contributed by atoms with Crippen LogP contribution in [0.1, 0.15) is 24.5 Å². The number of anilines is 2. The Morgan fingerprint density at radius 1 is 1.19 bits per heavy atom. The van der Waals surface area contributed by atoms with Crippen molar-refractivity contribution in [2.45, 2.75) is 32.2 Å². The molecule has 0 aliphatic carbocycles. The number of carbonyl (C=O) groups excluding carboxylic acids is 2. The number of nitrogens with zero attached hydrogens (tertiary/aromatic N) is 5. The largest absolute Gasteiger partial charge is 0.445 e. The summed E-state index contributed by atoms with van der Waals surface area (Å²) in [6, 6.07) is 0.731. The van der Waals surface area contributed by atoms with E-state index in [1.807, 2.05) is 0 Å². The molecular formula is C17H16F6N6O2S. The average Bonchev–Trinajstić information content (AvgIpc) is 3.27. The lowest BCUT2D eigenvalue weighted by Gasteiger charge is -2.25. The molecular weight excluding hydrogens is 466 g/mol. The number of urea groups is 1. The van der Waals surface area contributed by atoms with Gasteiger partial charge in [0, 0.05) is 6.54 Å². The van der Waals surface area contributed by atoms with Gasteiger partial charge in [0.2, 0.25) is 16.0 Å². The predicted octanol–water partition coefficient (Wildman–Crippen LogP) is 3.88. The van der Waals surface area contributed by atoms with Crippen molar-refractivity contribution in [1.82, 2.24) is 20.1 Å². The van der Waals surface area contributed by atoms with Gasteiger partial charge in [-0.15, -0.1) is 10.2 Å². The van der Waals surface area contributed by atoms with E-state index < -0.39 is 47.6 Å². The molecule has 3 heterocycles. The van der Waals surface area contributed by atoms with Crippen molar-refractivity contribution in [2.75, 3.05) is 23.3 Å². The molecule has 0 bridgehead atoms. The Labute approximate surface area is 181 Å². The zero-order chi connectivity index (χ0) is 23.8. The SMILES string of the molecule is CC(C)[C@H]1CN(c2ccc(C(F)(F)F)nc2)C(=O)N1CC(=O)Nc1nnc(C(F)(F)F)s1. The molecule has 2 aromatic heterocycles. The van der Waals surface area contributed by atoms with Gasteiger partial charge >= 0.3 is 18.4 Å². The van der Waals surface area contributed by atoms with Gasteiger partial charge < -0.3 is 4.90 Å². The first kappa shape index (κ1) is 23.7. The van der Waals surface area contributed by atoms with E-state index in [-0.39, 0.29) is 34.6 Å². The normalized spacial score (nSPS) is 17.4. The monoisotopic (exact) mass is 482 g/mol. The van der Waals surface area contributed by atoms with Crippen LogP contribution in [0, 0.1) is 5.92 Å². The number of hydrogen-bond acceptors (Lipinski definition) is 6. The van der Waals surface area contributed by atoms with Crippen LogP contribution in [0.2, 0.25) is 0 Å². The number of rotatable bonds is 5. The highest BCUT2D eigenvalue weighted by molar-refractivity contribution is 7.15. The summed E-state index contributed by atoms with van der Waals surface area (Å²) in [5.74, 6) is -0.918. The molecule has 0 saturated carbocycles. The van der Waals surface area contributed by atoms with Gasteiger partial charge in [-0.1, -0.05) is 25.2 Å². The molecule has 1 N–H and O–H groups in total. The van der Waals surface area contributed by atoms with Crippen molar-refractivity contribution in [3.8, 4) is 0 Å². The van der Waals surface area contributed by atoms with E-state index in [1.54, 1.807) is 13.8 Å². The summed E-state index contributed by atoms with van der Waals surface area (Å²) in [7, 11) is 0. The van der Waals surface area contributed by atoms with Gasteiger partial charge in [-0.3, -0.25) is 15.0 Å². The third-order valence-corrected chi connectivity index (χ3v) is 5.48. The first-order valence-corrected chi connectivity index (χ1v) is 9.91. The van der Waals surface area contributed by atoms with Gasteiger partial charge in [0.25, 0.3) is 0 Å². The highest BCUT2D eigenvalue weighted by Gasteiger charge is 2.41. The van der Waals surface area contributed by atoms with Crippen LogP contribution in [-0.2, 0) is 17.1 Å². The number of aromatic nitrogens is 3. The first-order chi connectivity index (χ1) is 14.8. The van der Waals surface area contributed by atoms with Crippen molar-refractivity contribution in [3.05, 3.63) is 29.0 Å². The quantitative estimate of drug-likeness (QED) is 0.654. The Morgan fingerprint density at radius 3 is 2.38 bits per heavy atom. The van der Waals surface area contributed by atoms with E-state index in [0.717, 1.165) is 18.3 Å². The fourth-order valence-electron chi connectivity index (χ4n) is 3.05. The lowest BCUT2D eigenvalue weighted by atomic mass is 10.0.